The van der Waals surface area contributed by atoms with Crippen LogP contribution in [0.2, 0.25) is 0 Å². The maximum Gasteiger partial charge on any atom is 0.217 e. The van der Waals surface area contributed by atoms with E-state index in [0.29, 0.717) is 0 Å². The number of amides is 1. The maximum atomic E-state index is 11.2. The Balaban J connectivity index is 2.97. The van der Waals surface area contributed by atoms with E-state index < -0.39 is 0 Å². The Morgan fingerprint density at radius 2 is 1.73 bits per heavy atom. The summed E-state index contributed by atoms with van der Waals surface area (Å²) in [5.41, 5.74) is 1.17. The molecule has 15 heavy (non-hydrogen) atoms. The molecule has 0 aliphatic carbocycles. The van der Waals surface area contributed by atoms with Gasteiger partial charge < -0.3 is 5.32 Å². The highest BCUT2D eigenvalue weighted by Gasteiger charge is 2.26. The van der Waals surface area contributed by atoms with Crippen molar-refractivity contribution in [2.75, 3.05) is 0 Å². The van der Waals surface area contributed by atoms with E-state index in [9.17, 15) is 4.79 Å². The Kier molecular flexibility index (Phi) is 3.51. The number of rotatable bonds is 2. The Hall–Kier alpha value is -1.31. The van der Waals surface area contributed by atoms with E-state index in [4.69, 9.17) is 0 Å². The Labute approximate surface area is 91.7 Å². The summed E-state index contributed by atoms with van der Waals surface area (Å²) in [6, 6.07) is 10.1. The molecule has 82 valence electrons. The first-order valence-electron chi connectivity index (χ1n) is 5.23. The van der Waals surface area contributed by atoms with Crippen LogP contribution in [0.4, 0.5) is 0 Å². The van der Waals surface area contributed by atoms with E-state index in [1.807, 2.05) is 30.3 Å². The quantitative estimate of drug-likeness (QED) is 0.790. The van der Waals surface area contributed by atoms with Crippen LogP contribution in [0.25, 0.3) is 0 Å². The highest BCUT2D eigenvalue weighted by atomic mass is 16.1. The third-order valence-electron chi connectivity index (χ3n) is 2.35. The van der Waals surface area contributed by atoms with Gasteiger partial charge in [0.25, 0.3) is 0 Å². The van der Waals surface area contributed by atoms with E-state index in [-0.39, 0.29) is 17.4 Å². The van der Waals surface area contributed by atoms with Gasteiger partial charge in [0.15, 0.2) is 0 Å². The third-order valence-corrected chi connectivity index (χ3v) is 2.35. The SMILES string of the molecule is CC(=O)N[C@@H](c1ccccc1)C(C)(C)C. The molecule has 0 aliphatic rings. The molecule has 1 N–H and O–H groups in total. The van der Waals surface area contributed by atoms with Gasteiger partial charge in [-0.2, -0.15) is 0 Å². The van der Waals surface area contributed by atoms with Crippen molar-refractivity contribution in [3.8, 4) is 0 Å². The first-order valence-corrected chi connectivity index (χ1v) is 5.23. The zero-order valence-corrected chi connectivity index (χ0v) is 9.87. The van der Waals surface area contributed by atoms with Crippen LogP contribution in [-0.2, 0) is 4.79 Å². The molecule has 0 fully saturated rings. The van der Waals surface area contributed by atoms with Gasteiger partial charge in [0.1, 0.15) is 0 Å². The molecule has 0 heterocycles. The van der Waals surface area contributed by atoms with Crippen LogP contribution in [0.3, 0.4) is 0 Å². The summed E-state index contributed by atoms with van der Waals surface area (Å²) in [5.74, 6) is 0.0128. The second kappa shape index (κ2) is 4.47. The fraction of sp³-hybridized carbons (Fsp3) is 0.462. The van der Waals surface area contributed by atoms with Crippen LogP contribution in [-0.4, -0.2) is 5.91 Å². The summed E-state index contributed by atoms with van der Waals surface area (Å²) in [7, 11) is 0. The van der Waals surface area contributed by atoms with Gasteiger partial charge in [-0.05, 0) is 11.0 Å². The van der Waals surface area contributed by atoms with Gasteiger partial charge in [0, 0.05) is 6.92 Å². The molecule has 0 spiro atoms. The second-order valence-electron chi connectivity index (χ2n) is 4.91. The fourth-order valence-electron chi connectivity index (χ4n) is 1.65. The van der Waals surface area contributed by atoms with Crippen molar-refractivity contribution in [3.63, 3.8) is 0 Å². The topological polar surface area (TPSA) is 29.1 Å². The second-order valence-corrected chi connectivity index (χ2v) is 4.91. The summed E-state index contributed by atoms with van der Waals surface area (Å²) in [4.78, 5) is 11.2. The van der Waals surface area contributed by atoms with E-state index in [0.717, 1.165) is 5.56 Å². The normalized spacial score (nSPS) is 13.3. The first-order chi connectivity index (χ1) is 6.91. The average molecular weight is 205 g/mol. The molecule has 0 radical (unpaired) electrons. The summed E-state index contributed by atoms with van der Waals surface area (Å²) in [6.07, 6.45) is 0. The molecular formula is C13H19NO. The largest absolute Gasteiger partial charge is 0.349 e. The van der Waals surface area contributed by atoms with Crippen molar-refractivity contribution in [1.82, 2.24) is 5.32 Å². The van der Waals surface area contributed by atoms with Crippen molar-refractivity contribution in [3.05, 3.63) is 35.9 Å². The molecule has 0 bridgehead atoms. The van der Waals surface area contributed by atoms with Gasteiger partial charge in [-0.1, -0.05) is 51.1 Å². The molecule has 0 saturated carbocycles. The van der Waals surface area contributed by atoms with Crippen LogP contribution in [0, 0.1) is 5.41 Å². The minimum atomic E-state index is 0.0128. The number of hydrogen-bond donors (Lipinski definition) is 1. The van der Waals surface area contributed by atoms with E-state index in [1.165, 1.54) is 0 Å². The first kappa shape index (κ1) is 11.8. The smallest absolute Gasteiger partial charge is 0.217 e. The van der Waals surface area contributed by atoms with Crippen LogP contribution in [0.15, 0.2) is 30.3 Å². The fourth-order valence-corrected chi connectivity index (χ4v) is 1.65. The van der Waals surface area contributed by atoms with Crippen LogP contribution in [0.5, 0.6) is 0 Å². The van der Waals surface area contributed by atoms with Crippen molar-refractivity contribution in [2.24, 2.45) is 5.41 Å². The molecule has 1 aromatic carbocycles. The highest BCUT2D eigenvalue weighted by Crippen LogP contribution is 2.32. The van der Waals surface area contributed by atoms with Crippen LogP contribution in [0.1, 0.15) is 39.3 Å². The van der Waals surface area contributed by atoms with Gasteiger partial charge in [0.2, 0.25) is 5.91 Å². The molecule has 0 aromatic heterocycles. The van der Waals surface area contributed by atoms with Gasteiger partial charge in [0.05, 0.1) is 6.04 Å². The molecule has 1 rings (SSSR count). The Bertz CT molecular complexity index is 324. The molecule has 1 amide bonds. The Morgan fingerprint density at radius 3 is 2.13 bits per heavy atom. The van der Waals surface area contributed by atoms with Gasteiger partial charge in [-0.3, -0.25) is 4.79 Å². The zero-order chi connectivity index (χ0) is 11.5. The van der Waals surface area contributed by atoms with E-state index >= 15 is 0 Å². The lowest BCUT2D eigenvalue weighted by atomic mass is 9.82. The molecule has 2 heteroatoms. The predicted molar refractivity (Wildman–Crippen MR) is 62.5 cm³/mol. The minimum absolute atomic E-state index is 0.0128. The standard InChI is InChI=1S/C13H19NO/c1-10(15)14-12(13(2,3)4)11-8-6-5-7-9-11/h5-9,12H,1-4H3,(H,14,15)/t12-/m0/s1. The number of hydrogen-bond acceptors (Lipinski definition) is 1. The van der Waals surface area contributed by atoms with E-state index in [1.54, 1.807) is 6.92 Å². The van der Waals surface area contributed by atoms with E-state index in [2.05, 4.69) is 26.1 Å². The van der Waals surface area contributed by atoms with Crippen LogP contribution < -0.4 is 5.32 Å². The van der Waals surface area contributed by atoms with Crippen molar-refractivity contribution >= 4 is 5.91 Å². The molecule has 0 aliphatic heterocycles. The molecule has 1 atom stereocenters. The lowest BCUT2D eigenvalue weighted by Gasteiger charge is -2.31. The monoisotopic (exact) mass is 205 g/mol. The number of carbonyl (C=O) groups excluding carboxylic acids is 1. The van der Waals surface area contributed by atoms with Gasteiger partial charge in [-0.15, -0.1) is 0 Å². The Morgan fingerprint density at radius 1 is 1.20 bits per heavy atom. The predicted octanol–water partition coefficient (Wildman–Crippen LogP) is 2.91. The molecule has 2 nitrogen and oxygen atoms in total. The highest BCUT2D eigenvalue weighted by molar-refractivity contribution is 5.73. The maximum absolute atomic E-state index is 11.2. The van der Waals surface area contributed by atoms with Gasteiger partial charge in [-0.25, -0.2) is 0 Å². The van der Waals surface area contributed by atoms with Crippen molar-refractivity contribution < 1.29 is 4.79 Å². The molecule has 1 aromatic rings. The summed E-state index contributed by atoms with van der Waals surface area (Å²) in [5, 5.41) is 3.00. The number of nitrogens with one attached hydrogen (secondary N) is 1. The summed E-state index contributed by atoms with van der Waals surface area (Å²) < 4.78 is 0. The van der Waals surface area contributed by atoms with Crippen molar-refractivity contribution in [1.29, 1.82) is 0 Å². The lowest BCUT2D eigenvalue weighted by Crippen LogP contribution is -2.35. The minimum Gasteiger partial charge on any atom is -0.349 e. The molecule has 0 saturated heterocycles. The van der Waals surface area contributed by atoms with Gasteiger partial charge >= 0.3 is 0 Å². The summed E-state index contributed by atoms with van der Waals surface area (Å²) >= 11 is 0. The van der Waals surface area contributed by atoms with Crippen LogP contribution >= 0.6 is 0 Å². The molecular weight excluding hydrogens is 186 g/mol. The summed E-state index contributed by atoms with van der Waals surface area (Å²) in [6.45, 7) is 7.93. The zero-order valence-electron chi connectivity index (χ0n) is 9.87. The third kappa shape index (κ3) is 3.39. The van der Waals surface area contributed by atoms with Crippen molar-refractivity contribution in [2.45, 2.75) is 33.7 Å². The molecule has 0 unspecified atom stereocenters. The number of benzene rings is 1. The average Bonchev–Trinajstić information content (AvgIpc) is 2.14. The lowest BCUT2D eigenvalue weighted by molar-refractivity contribution is -0.120. The number of carbonyl (C=O) groups is 1.